The molecule has 0 spiro atoms. The summed E-state index contributed by atoms with van der Waals surface area (Å²) < 4.78 is 39.4. The van der Waals surface area contributed by atoms with Crippen molar-refractivity contribution in [1.82, 2.24) is 9.78 Å². The summed E-state index contributed by atoms with van der Waals surface area (Å²) >= 11 is 0. The van der Waals surface area contributed by atoms with E-state index in [0.717, 1.165) is 11.3 Å². The first-order chi connectivity index (χ1) is 13.7. The van der Waals surface area contributed by atoms with Gasteiger partial charge in [0, 0.05) is 11.3 Å². The monoisotopic (exact) mass is 415 g/mol. The number of nitrogens with one attached hydrogen (secondary N) is 1. The lowest BCUT2D eigenvalue weighted by atomic mass is 10.1. The number of hydrogen-bond acceptors (Lipinski definition) is 4. The summed E-state index contributed by atoms with van der Waals surface area (Å²) in [6.07, 6.45) is 0.0410. The van der Waals surface area contributed by atoms with Crippen molar-refractivity contribution < 1.29 is 17.6 Å². The van der Waals surface area contributed by atoms with Crippen LogP contribution in [-0.2, 0) is 21.1 Å². The second-order valence-electron chi connectivity index (χ2n) is 6.66. The zero-order valence-corrected chi connectivity index (χ0v) is 17.3. The first-order valence-electron chi connectivity index (χ1n) is 9.15. The lowest BCUT2D eigenvalue weighted by Gasteiger charge is -2.11. The summed E-state index contributed by atoms with van der Waals surface area (Å²) in [5.41, 5.74) is 3.14. The van der Waals surface area contributed by atoms with Crippen molar-refractivity contribution in [2.24, 2.45) is 0 Å². The largest absolute Gasteiger partial charge is 0.325 e. The molecule has 0 atom stereocenters. The van der Waals surface area contributed by atoms with E-state index in [1.807, 2.05) is 6.92 Å². The fraction of sp³-hybridized carbons (Fsp3) is 0.238. The lowest BCUT2D eigenvalue weighted by Crippen LogP contribution is -2.18. The van der Waals surface area contributed by atoms with Crippen LogP contribution in [0.15, 0.2) is 53.4 Å². The Labute approximate surface area is 169 Å². The van der Waals surface area contributed by atoms with Gasteiger partial charge >= 0.3 is 0 Å². The van der Waals surface area contributed by atoms with E-state index in [9.17, 15) is 17.6 Å². The Bertz CT molecular complexity index is 1150. The van der Waals surface area contributed by atoms with Gasteiger partial charge in [-0.05, 0) is 50.2 Å². The summed E-state index contributed by atoms with van der Waals surface area (Å²) in [4.78, 5) is 12.8. The van der Waals surface area contributed by atoms with Crippen LogP contribution in [0.2, 0.25) is 0 Å². The van der Waals surface area contributed by atoms with Crippen LogP contribution in [0.5, 0.6) is 0 Å². The van der Waals surface area contributed by atoms with Gasteiger partial charge in [0.1, 0.15) is 5.82 Å². The number of sulfone groups is 1. The van der Waals surface area contributed by atoms with E-state index in [4.69, 9.17) is 0 Å². The Kier molecular flexibility index (Phi) is 5.83. The number of carbonyl (C=O) groups is 1. The molecular formula is C21H22FN3O3S. The Hall–Kier alpha value is -3.00. The molecule has 29 heavy (non-hydrogen) atoms. The van der Waals surface area contributed by atoms with Crippen LogP contribution in [-0.4, -0.2) is 29.9 Å². The van der Waals surface area contributed by atoms with Gasteiger partial charge in [0.15, 0.2) is 9.84 Å². The Balaban J connectivity index is 1.85. The number of rotatable bonds is 6. The number of anilines is 1. The maximum absolute atomic E-state index is 13.2. The van der Waals surface area contributed by atoms with Gasteiger partial charge in [0.2, 0.25) is 5.91 Å². The summed E-state index contributed by atoms with van der Waals surface area (Å²) in [6, 6.07) is 12.3. The van der Waals surface area contributed by atoms with Crippen LogP contribution >= 0.6 is 0 Å². The quantitative estimate of drug-likeness (QED) is 0.667. The normalized spacial score (nSPS) is 11.4. The molecule has 0 aliphatic heterocycles. The summed E-state index contributed by atoms with van der Waals surface area (Å²) in [5, 5.41) is 7.16. The zero-order chi connectivity index (χ0) is 21.2. The summed E-state index contributed by atoms with van der Waals surface area (Å²) in [5.74, 6) is -0.730. The number of carbonyl (C=O) groups excluding carboxylic acids is 1. The first kappa shape index (κ1) is 20.7. The molecule has 0 aliphatic rings. The highest BCUT2D eigenvalue weighted by molar-refractivity contribution is 7.91. The molecule has 152 valence electrons. The molecule has 6 nitrogen and oxygen atoms in total. The number of aryl methyl sites for hydroxylation is 1. The number of halogens is 1. The van der Waals surface area contributed by atoms with Gasteiger partial charge in [0.25, 0.3) is 0 Å². The lowest BCUT2D eigenvalue weighted by molar-refractivity contribution is -0.115. The maximum Gasteiger partial charge on any atom is 0.228 e. The van der Waals surface area contributed by atoms with Crippen LogP contribution < -0.4 is 5.32 Å². The fourth-order valence-electron chi connectivity index (χ4n) is 3.12. The molecule has 0 radical (unpaired) electrons. The third-order valence-corrected chi connectivity index (χ3v) is 6.51. The molecule has 1 amide bonds. The number of benzene rings is 2. The number of nitrogens with zero attached hydrogens (tertiary/aromatic N) is 2. The van der Waals surface area contributed by atoms with Gasteiger partial charge < -0.3 is 5.32 Å². The van der Waals surface area contributed by atoms with Crippen LogP contribution in [0.25, 0.3) is 5.69 Å². The van der Waals surface area contributed by atoms with Crippen molar-refractivity contribution in [1.29, 1.82) is 0 Å². The molecule has 0 saturated heterocycles. The van der Waals surface area contributed by atoms with Crippen molar-refractivity contribution >= 4 is 21.4 Å². The molecule has 0 saturated carbocycles. The van der Waals surface area contributed by atoms with Crippen molar-refractivity contribution in [2.75, 3.05) is 11.1 Å². The van der Waals surface area contributed by atoms with E-state index in [1.54, 1.807) is 48.9 Å². The van der Waals surface area contributed by atoms with Crippen LogP contribution in [0.3, 0.4) is 0 Å². The van der Waals surface area contributed by atoms with E-state index in [2.05, 4.69) is 10.4 Å². The van der Waals surface area contributed by atoms with Crippen LogP contribution in [0, 0.1) is 19.7 Å². The molecule has 8 heteroatoms. The number of aromatic nitrogens is 2. The van der Waals surface area contributed by atoms with Gasteiger partial charge in [-0.2, -0.15) is 5.10 Å². The van der Waals surface area contributed by atoms with Gasteiger partial charge in [-0.25, -0.2) is 17.5 Å². The van der Waals surface area contributed by atoms with Crippen LogP contribution in [0.4, 0.5) is 10.1 Å². The summed E-state index contributed by atoms with van der Waals surface area (Å²) in [7, 11) is -3.46. The second kappa shape index (κ2) is 8.16. The van der Waals surface area contributed by atoms with Gasteiger partial charge in [-0.3, -0.25) is 4.79 Å². The standard InChI is InChI=1S/C21H22FN3O3S/c1-4-29(27,28)20-8-6-5-7-19(20)23-21(26)13-18-14(2)24-25(15(18)3)17-11-9-16(22)10-12-17/h5-12H,4,13H2,1-3H3,(H,23,26). The number of amides is 1. The molecule has 2 aromatic carbocycles. The number of hydrogen-bond donors (Lipinski definition) is 1. The van der Waals surface area contributed by atoms with E-state index in [0.29, 0.717) is 11.4 Å². The Morgan fingerprint density at radius 2 is 1.76 bits per heavy atom. The Morgan fingerprint density at radius 1 is 1.10 bits per heavy atom. The minimum Gasteiger partial charge on any atom is -0.325 e. The molecule has 3 aromatic rings. The molecule has 1 aromatic heterocycles. The van der Waals surface area contributed by atoms with E-state index >= 15 is 0 Å². The number of para-hydroxylation sites is 1. The molecule has 1 heterocycles. The topological polar surface area (TPSA) is 81.1 Å². The van der Waals surface area contributed by atoms with Crippen molar-refractivity contribution in [2.45, 2.75) is 32.1 Å². The predicted octanol–water partition coefficient (Wildman–Crippen LogP) is 3.60. The highest BCUT2D eigenvalue weighted by Crippen LogP contribution is 2.23. The molecule has 0 unspecified atom stereocenters. The van der Waals surface area contributed by atoms with Gasteiger partial charge in [-0.1, -0.05) is 19.1 Å². The average Bonchev–Trinajstić information content (AvgIpc) is 2.97. The smallest absolute Gasteiger partial charge is 0.228 e. The van der Waals surface area contributed by atoms with Gasteiger partial charge in [-0.15, -0.1) is 0 Å². The van der Waals surface area contributed by atoms with Crippen LogP contribution in [0.1, 0.15) is 23.9 Å². The Morgan fingerprint density at radius 3 is 2.41 bits per heavy atom. The second-order valence-corrected chi connectivity index (χ2v) is 8.91. The maximum atomic E-state index is 13.2. The minimum absolute atomic E-state index is 0.0410. The third kappa shape index (κ3) is 4.37. The summed E-state index contributed by atoms with van der Waals surface area (Å²) in [6.45, 7) is 5.19. The van der Waals surface area contributed by atoms with Crippen molar-refractivity contribution in [3.63, 3.8) is 0 Å². The fourth-order valence-corrected chi connectivity index (χ4v) is 4.17. The molecule has 0 fully saturated rings. The molecule has 3 rings (SSSR count). The third-order valence-electron chi connectivity index (χ3n) is 4.73. The average molecular weight is 415 g/mol. The van der Waals surface area contributed by atoms with E-state index in [-0.39, 0.29) is 34.5 Å². The zero-order valence-electron chi connectivity index (χ0n) is 16.4. The minimum atomic E-state index is -3.46. The molecule has 0 bridgehead atoms. The molecule has 1 N–H and O–H groups in total. The predicted molar refractivity (Wildman–Crippen MR) is 109 cm³/mol. The molecule has 0 aliphatic carbocycles. The molecular weight excluding hydrogens is 393 g/mol. The highest BCUT2D eigenvalue weighted by Gasteiger charge is 2.20. The highest BCUT2D eigenvalue weighted by atomic mass is 32.2. The van der Waals surface area contributed by atoms with E-state index < -0.39 is 9.84 Å². The van der Waals surface area contributed by atoms with Crippen molar-refractivity contribution in [3.05, 3.63) is 71.3 Å². The first-order valence-corrected chi connectivity index (χ1v) is 10.8. The van der Waals surface area contributed by atoms with Crippen molar-refractivity contribution in [3.8, 4) is 5.69 Å². The van der Waals surface area contributed by atoms with Gasteiger partial charge in [0.05, 0.1) is 34.1 Å². The SMILES string of the molecule is CCS(=O)(=O)c1ccccc1NC(=O)Cc1c(C)nn(-c2ccc(F)cc2)c1C. The van der Waals surface area contributed by atoms with E-state index in [1.165, 1.54) is 18.2 Å².